The van der Waals surface area contributed by atoms with Crippen molar-refractivity contribution >= 4 is 62.0 Å². The average molecular weight is 472 g/mol. The van der Waals surface area contributed by atoms with Crippen molar-refractivity contribution in [2.45, 2.75) is 13.2 Å². The molecule has 0 aliphatic rings. The fraction of sp³-hybridized carbons (Fsp3) is 1.00. The Balaban J connectivity index is 4.82. The Morgan fingerprint density at radius 2 is 0.917 bits per heavy atom. The van der Waals surface area contributed by atoms with Crippen LogP contribution in [0.15, 0.2) is 0 Å². The third kappa shape index (κ3) is 11.9. The Hall–Kier alpha value is 1.38. The number of hydrogen-bond acceptors (Lipinski definition) is 8. The molecule has 8 nitrogen and oxygen atoms in total. The van der Waals surface area contributed by atoms with E-state index in [1.807, 2.05) is 0 Å². The van der Waals surface area contributed by atoms with Crippen molar-refractivity contribution in [1.29, 1.82) is 0 Å². The average Bonchev–Trinajstić information content (AvgIpc) is 2.54. The van der Waals surface area contributed by atoms with Crippen LogP contribution in [-0.2, 0) is 36.3 Å². The Labute approximate surface area is 161 Å². The maximum atomic E-state index is 12.4. The summed E-state index contributed by atoms with van der Waals surface area (Å²) >= 11 is 21.9. The van der Waals surface area contributed by atoms with E-state index in [1.165, 1.54) is 6.92 Å². The molecule has 0 rings (SSSR count). The summed E-state index contributed by atoms with van der Waals surface area (Å²) in [6.07, 6.45) is -1.32. The highest BCUT2D eigenvalue weighted by atomic mass is 35.5. The van der Waals surface area contributed by atoms with Crippen molar-refractivity contribution in [3.63, 3.8) is 0 Å². The topological polar surface area (TPSA) is 89.5 Å². The molecule has 0 saturated heterocycles. The van der Waals surface area contributed by atoms with Gasteiger partial charge in [-0.2, -0.15) is 0 Å². The van der Waals surface area contributed by atoms with Gasteiger partial charge in [-0.05, 0) is 6.92 Å². The molecule has 0 heterocycles. The SMILES string of the molecule is CC(OP(=O)(OCCCl)OCCCl)OP(=O)(OCCCl)OCCCl. The van der Waals surface area contributed by atoms with E-state index in [0.717, 1.165) is 0 Å². The Morgan fingerprint density at radius 3 is 1.12 bits per heavy atom. The van der Waals surface area contributed by atoms with E-state index in [0.29, 0.717) is 0 Å². The highest BCUT2D eigenvalue weighted by Crippen LogP contribution is 2.55. The molecule has 0 fully saturated rings. The zero-order valence-corrected chi connectivity index (χ0v) is 17.7. The summed E-state index contributed by atoms with van der Waals surface area (Å²) in [5.41, 5.74) is 0. The van der Waals surface area contributed by atoms with E-state index in [4.69, 9.17) is 73.5 Å². The standard InChI is InChI=1S/C10H20Cl4O8P2/c1-10(21-23(15,17-6-2-11)18-7-3-12)22-24(16,19-8-4-13)20-9-5-14/h10H,2-9H2,1H3. The van der Waals surface area contributed by atoms with Crippen molar-refractivity contribution in [3.8, 4) is 0 Å². The largest absolute Gasteiger partial charge is 0.477 e. The molecule has 146 valence electrons. The van der Waals surface area contributed by atoms with Crippen LogP contribution in [0.1, 0.15) is 6.92 Å². The Bertz CT molecular complexity index is 356. The predicted molar refractivity (Wildman–Crippen MR) is 93.5 cm³/mol. The minimum Gasteiger partial charge on any atom is -0.286 e. The van der Waals surface area contributed by atoms with E-state index in [2.05, 4.69) is 0 Å². The minimum atomic E-state index is -4.02. The van der Waals surface area contributed by atoms with Gasteiger partial charge in [-0.3, -0.25) is 27.1 Å². The quantitative estimate of drug-likeness (QED) is 0.183. The van der Waals surface area contributed by atoms with Gasteiger partial charge in [0, 0.05) is 23.5 Å². The molecular formula is C10H20Cl4O8P2. The molecule has 0 radical (unpaired) electrons. The monoisotopic (exact) mass is 470 g/mol. The van der Waals surface area contributed by atoms with E-state index < -0.39 is 21.9 Å². The molecule has 0 saturated carbocycles. The van der Waals surface area contributed by atoms with Crippen LogP contribution in [0.4, 0.5) is 0 Å². The third-order valence-electron chi connectivity index (χ3n) is 1.86. The first-order valence-electron chi connectivity index (χ1n) is 6.73. The molecule has 0 aromatic heterocycles. The van der Waals surface area contributed by atoms with Crippen LogP contribution in [0.2, 0.25) is 0 Å². The van der Waals surface area contributed by atoms with Gasteiger partial charge in [0.15, 0.2) is 6.29 Å². The molecule has 0 aromatic carbocycles. The van der Waals surface area contributed by atoms with E-state index in [1.54, 1.807) is 0 Å². The predicted octanol–water partition coefficient (Wildman–Crippen LogP) is 4.60. The van der Waals surface area contributed by atoms with Gasteiger partial charge in [-0.25, -0.2) is 9.13 Å². The molecule has 0 aliphatic carbocycles. The van der Waals surface area contributed by atoms with Crippen LogP contribution in [0.5, 0.6) is 0 Å². The Morgan fingerprint density at radius 1 is 0.667 bits per heavy atom. The molecule has 0 amide bonds. The van der Waals surface area contributed by atoms with Crippen LogP contribution >= 0.6 is 62.0 Å². The van der Waals surface area contributed by atoms with E-state index in [-0.39, 0.29) is 49.9 Å². The number of phosphoric ester groups is 2. The van der Waals surface area contributed by atoms with E-state index >= 15 is 0 Å². The van der Waals surface area contributed by atoms with Crippen LogP contribution in [0.25, 0.3) is 0 Å². The zero-order chi connectivity index (χ0) is 18.5. The lowest BCUT2D eigenvalue weighted by atomic mass is 10.8. The number of phosphoric acid groups is 2. The number of rotatable bonds is 16. The molecule has 24 heavy (non-hydrogen) atoms. The first kappa shape index (κ1) is 25.4. The van der Waals surface area contributed by atoms with E-state index in [9.17, 15) is 9.13 Å². The second-order valence-electron chi connectivity index (χ2n) is 3.76. The zero-order valence-electron chi connectivity index (χ0n) is 12.9. The molecule has 0 aliphatic heterocycles. The van der Waals surface area contributed by atoms with Crippen molar-refractivity contribution in [2.75, 3.05) is 49.9 Å². The Kier molecular flexibility index (Phi) is 15.3. The van der Waals surface area contributed by atoms with Crippen molar-refractivity contribution < 1.29 is 36.3 Å². The van der Waals surface area contributed by atoms with Crippen LogP contribution < -0.4 is 0 Å². The fourth-order valence-corrected chi connectivity index (χ4v) is 4.44. The molecule has 0 aromatic rings. The first-order chi connectivity index (χ1) is 11.3. The number of alkyl halides is 4. The van der Waals surface area contributed by atoms with Crippen LogP contribution in [0.3, 0.4) is 0 Å². The van der Waals surface area contributed by atoms with Gasteiger partial charge < -0.3 is 0 Å². The fourth-order valence-electron chi connectivity index (χ4n) is 1.16. The molecular weight excluding hydrogens is 452 g/mol. The van der Waals surface area contributed by atoms with Gasteiger partial charge in [0.05, 0.1) is 26.4 Å². The summed E-state index contributed by atoms with van der Waals surface area (Å²) in [4.78, 5) is 0. The van der Waals surface area contributed by atoms with Gasteiger partial charge in [0.2, 0.25) is 0 Å². The summed E-state index contributed by atoms with van der Waals surface area (Å²) in [6.45, 7) is 0.906. The maximum Gasteiger partial charge on any atom is 0.477 e. The lowest BCUT2D eigenvalue weighted by Gasteiger charge is -2.24. The lowest BCUT2D eigenvalue weighted by molar-refractivity contribution is -0.0402. The van der Waals surface area contributed by atoms with Crippen molar-refractivity contribution in [3.05, 3.63) is 0 Å². The normalized spacial score (nSPS) is 12.9. The van der Waals surface area contributed by atoms with Crippen molar-refractivity contribution in [1.82, 2.24) is 0 Å². The summed E-state index contributed by atoms with van der Waals surface area (Å²) in [6, 6.07) is 0. The molecule has 0 N–H and O–H groups in total. The van der Waals surface area contributed by atoms with Gasteiger partial charge in [-0.15, -0.1) is 46.4 Å². The highest BCUT2D eigenvalue weighted by molar-refractivity contribution is 7.49. The summed E-state index contributed by atoms with van der Waals surface area (Å²) in [5.74, 6) is 0.234. The molecule has 0 unspecified atom stereocenters. The maximum absolute atomic E-state index is 12.4. The van der Waals surface area contributed by atoms with Crippen molar-refractivity contribution in [2.24, 2.45) is 0 Å². The van der Waals surface area contributed by atoms with Gasteiger partial charge in [0.25, 0.3) is 0 Å². The minimum absolute atomic E-state index is 0.0585. The second kappa shape index (κ2) is 14.4. The van der Waals surface area contributed by atoms with Gasteiger partial charge in [0.1, 0.15) is 0 Å². The highest BCUT2D eigenvalue weighted by Gasteiger charge is 2.35. The number of halogens is 4. The third-order valence-corrected chi connectivity index (χ3v) is 5.58. The number of hydrogen-bond donors (Lipinski definition) is 0. The second-order valence-corrected chi connectivity index (χ2v) is 8.52. The van der Waals surface area contributed by atoms with Crippen LogP contribution in [-0.4, -0.2) is 56.2 Å². The lowest BCUT2D eigenvalue weighted by Crippen LogP contribution is -2.16. The summed E-state index contributed by atoms with van der Waals surface area (Å²) < 4.78 is 54.7. The van der Waals surface area contributed by atoms with Gasteiger partial charge in [-0.1, -0.05) is 0 Å². The molecule has 0 bridgehead atoms. The summed E-state index contributed by atoms with van der Waals surface area (Å²) in [5, 5.41) is 0. The molecule has 0 spiro atoms. The summed E-state index contributed by atoms with van der Waals surface area (Å²) in [7, 11) is -8.05. The smallest absolute Gasteiger partial charge is 0.286 e. The van der Waals surface area contributed by atoms with Crippen LogP contribution in [0, 0.1) is 0 Å². The first-order valence-corrected chi connectivity index (χ1v) is 11.8. The van der Waals surface area contributed by atoms with Gasteiger partial charge >= 0.3 is 15.6 Å². The molecule has 14 heteroatoms. The molecule has 0 atom stereocenters.